The van der Waals surface area contributed by atoms with Gasteiger partial charge in [-0.2, -0.15) is 17.0 Å². The van der Waals surface area contributed by atoms with Crippen molar-refractivity contribution >= 4 is 40.1 Å². The Kier molecular flexibility index (Phi) is 7.34. The molecule has 1 saturated heterocycles. The van der Waals surface area contributed by atoms with Crippen LogP contribution in [0.15, 0.2) is 4.99 Å². The largest absolute Gasteiger partial charge is 0.370 e. The van der Waals surface area contributed by atoms with E-state index in [-0.39, 0.29) is 30.0 Å². The Morgan fingerprint density at radius 2 is 1.86 bits per heavy atom. The second-order valence-corrected chi connectivity index (χ2v) is 8.19. The molecule has 2 fully saturated rings. The number of nitrogens with two attached hydrogens (primary N) is 1. The van der Waals surface area contributed by atoms with Gasteiger partial charge in [0.1, 0.15) is 0 Å². The van der Waals surface area contributed by atoms with Crippen LogP contribution in [-0.2, 0) is 10.2 Å². The first-order valence-electron chi connectivity index (χ1n) is 7.56. The van der Waals surface area contributed by atoms with Crippen molar-refractivity contribution in [3.8, 4) is 0 Å². The van der Waals surface area contributed by atoms with Crippen LogP contribution in [0.1, 0.15) is 32.1 Å². The Morgan fingerprint density at radius 3 is 2.41 bits per heavy atom. The van der Waals surface area contributed by atoms with Crippen LogP contribution in [0.3, 0.4) is 0 Å². The van der Waals surface area contributed by atoms with Crippen molar-refractivity contribution in [2.75, 3.05) is 34.2 Å². The van der Waals surface area contributed by atoms with Crippen molar-refractivity contribution in [1.29, 1.82) is 0 Å². The van der Waals surface area contributed by atoms with E-state index in [2.05, 4.69) is 4.99 Å². The summed E-state index contributed by atoms with van der Waals surface area (Å²) in [5.74, 6) is 0.519. The van der Waals surface area contributed by atoms with Crippen LogP contribution in [0.2, 0.25) is 0 Å². The average molecular weight is 445 g/mol. The van der Waals surface area contributed by atoms with Crippen molar-refractivity contribution in [2.24, 2.45) is 10.7 Å². The molecule has 2 rings (SSSR count). The molecule has 1 saturated carbocycles. The molecule has 9 heteroatoms. The van der Waals surface area contributed by atoms with Crippen LogP contribution in [0.4, 0.5) is 0 Å². The van der Waals surface area contributed by atoms with Gasteiger partial charge in [-0.05, 0) is 25.7 Å². The summed E-state index contributed by atoms with van der Waals surface area (Å²) in [4.78, 5) is 6.42. The van der Waals surface area contributed by atoms with Crippen molar-refractivity contribution < 1.29 is 8.42 Å². The number of guanidine groups is 1. The van der Waals surface area contributed by atoms with Crippen molar-refractivity contribution in [3.63, 3.8) is 0 Å². The summed E-state index contributed by atoms with van der Waals surface area (Å²) in [6, 6.07) is 0.430. The third-order valence-electron chi connectivity index (χ3n) is 4.25. The van der Waals surface area contributed by atoms with Crippen LogP contribution in [-0.4, -0.2) is 74.2 Å². The monoisotopic (exact) mass is 445 g/mol. The number of aliphatic imine (C=N–C) groups is 1. The van der Waals surface area contributed by atoms with Crippen molar-refractivity contribution in [2.45, 2.75) is 44.2 Å². The van der Waals surface area contributed by atoms with Gasteiger partial charge < -0.3 is 10.6 Å². The third kappa shape index (κ3) is 4.68. The summed E-state index contributed by atoms with van der Waals surface area (Å²) >= 11 is 0. The molecule has 1 atom stereocenters. The molecule has 1 heterocycles. The molecule has 1 unspecified atom stereocenters. The Labute approximate surface area is 151 Å². The molecule has 0 aromatic rings. The molecule has 0 aromatic carbocycles. The molecule has 0 spiro atoms. The molecule has 1 aliphatic carbocycles. The number of hydrogen-bond acceptors (Lipinski definition) is 3. The zero-order chi connectivity index (χ0) is 15.6. The fourth-order valence-electron chi connectivity index (χ4n) is 2.63. The van der Waals surface area contributed by atoms with E-state index in [4.69, 9.17) is 5.73 Å². The lowest BCUT2D eigenvalue weighted by Crippen LogP contribution is -2.50. The lowest BCUT2D eigenvalue weighted by atomic mass is 10.1. The van der Waals surface area contributed by atoms with Crippen LogP contribution in [0.25, 0.3) is 0 Å². The lowest BCUT2D eigenvalue weighted by Gasteiger charge is -2.35. The molecular formula is C13H28IN5O2S. The Balaban J connectivity index is 0.00000242. The fourth-order valence-corrected chi connectivity index (χ4v) is 3.96. The molecule has 130 valence electrons. The van der Waals surface area contributed by atoms with E-state index in [9.17, 15) is 8.42 Å². The maximum absolute atomic E-state index is 12.4. The topological polar surface area (TPSA) is 82.2 Å². The highest BCUT2D eigenvalue weighted by molar-refractivity contribution is 14.0. The molecule has 7 nitrogen and oxygen atoms in total. The van der Waals surface area contributed by atoms with Gasteiger partial charge in [0.2, 0.25) is 0 Å². The Hall–Kier alpha value is -0.130. The lowest BCUT2D eigenvalue weighted by molar-refractivity contribution is 0.244. The minimum absolute atomic E-state index is 0. The van der Waals surface area contributed by atoms with Crippen molar-refractivity contribution in [1.82, 2.24) is 13.5 Å². The molecule has 0 radical (unpaired) electrons. The van der Waals surface area contributed by atoms with Gasteiger partial charge in [0.05, 0.1) is 6.54 Å². The number of hydrogen-bond donors (Lipinski definition) is 1. The van der Waals surface area contributed by atoms with Crippen LogP contribution >= 0.6 is 24.0 Å². The summed E-state index contributed by atoms with van der Waals surface area (Å²) in [7, 11) is 1.71. The number of rotatable bonds is 5. The van der Waals surface area contributed by atoms with Gasteiger partial charge in [0, 0.05) is 39.8 Å². The van der Waals surface area contributed by atoms with E-state index in [0.29, 0.717) is 25.1 Å². The van der Waals surface area contributed by atoms with Gasteiger partial charge in [-0.15, -0.1) is 24.0 Å². The summed E-state index contributed by atoms with van der Waals surface area (Å²) < 4.78 is 27.6. The minimum atomic E-state index is -3.38. The second kappa shape index (κ2) is 8.11. The maximum atomic E-state index is 12.4. The Bertz CT molecular complexity index is 493. The zero-order valence-corrected chi connectivity index (χ0v) is 16.8. The van der Waals surface area contributed by atoms with E-state index < -0.39 is 10.2 Å². The summed E-state index contributed by atoms with van der Waals surface area (Å²) in [6.45, 7) is 1.01. The molecule has 2 aliphatic rings. The molecule has 1 aliphatic heterocycles. The van der Waals surface area contributed by atoms with E-state index in [1.165, 1.54) is 4.31 Å². The second-order valence-electron chi connectivity index (χ2n) is 6.09. The summed E-state index contributed by atoms with van der Waals surface area (Å²) in [5.41, 5.74) is 5.99. The first-order chi connectivity index (χ1) is 9.84. The van der Waals surface area contributed by atoms with E-state index >= 15 is 0 Å². The van der Waals surface area contributed by atoms with Crippen LogP contribution < -0.4 is 5.73 Å². The molecular weight excluding hydrogens is 417 g/mol. The quantitative estimate of drug-likeness (QED) is 0.383. The summed E-state index contributed by atoms with van der Waals surface area (Å²) in [6.07, 6.45) is 5.12. The molecule has 0 bridgehead atoms. The number of nitrogens with zero attached hydrogens (tertiary/aromatic N) is 4. The van der Waals surface area contributed by atoms with Gasteiger partial charge in [-0.25, -0.2) is 0 Å². The summed E-state index contributed by atoms with van der Waals surface area (Å²) in [5, 5.41) is 0. The highest BCUT2D eigenvalue weighted by Crippen LogP contribution is 2.25. The first kappa shape index (κ1) is 19.9. The maximum Gasteiger partial charge on any atom is 0.281 e. The molecule has 0 aromatic heterocycles. The van der Waals surface area contributed by atoms with Crippen LogP contribution in [0, 0.1) is 0 Å². The highest BCUT2D eigenvalue weighted by Gasteiger charge is 2.34. The van der Waals surface area contributed by atoms with E-state index in [1.807, 2.05) is 11.9 Å². The SMILES string of the molecule is CN(C(N)=NCC1CCCCN1S(=O)(=O)N(C)C)C1CC1.I. The molecule has 2 N–H and O–H groups in total. The van der Waals surface area contributed by atoms with Crippen LogP contribution in [0.5, 0.6) is 0 Å². The standard InChI is InChI=1S/C13H27N5O2S.HI/c1-16(2)21(19,20)18-9-5-4-6-12(18)10-15-13(14)17(3)11-7-8-11;/h11-12H,4-10H2,1-3H3,(H2,14,15);1H. The van der Waals surface area contributed by atoms with Crippen molar-refractivity contribution in [3.05, 3.63) is 0 Å². The fraction of sp³-hybridized carbons (Fsp3) is 0.923. The van der Waals surface area contributed by atoms with Gasteiger partial charge in [-0.3, -0.25) is 4.99 Å². The average Bonchev–Trinajstić information content (AvgIpc) is 3.28. The molecule has 22 heavy (non-hydrogen) atoms. The zero-order valence-electron chi connectivity index (χ0n) is 13.6. The van der Waals surface area contributed by atoms with E-state index in [0.717, 1.165) is 32.1 Å². The first-order valence-corrected chi connectivity index (χ1v) is 8.95. The number of piperidine rings is 1. The predicted molar refractivity (Wildman–Crippen MR) is 99.6 cm³/mol. The minimum Gasteiger partial charge on any atom is -0.370 e. The highest BCUT2D eigenvalue weighted by atomic mass is 127. The van der Waals surface area contributed by atoms with E-state index in [1.54, 1.807) is 18.4 Å². The van der Waals surface area contributed by atoms with Gasteiger partial charge in [0.15, 0.2) is 5.96 Å². The molecule has 0 amide bonds. The third-order valence-corrected chi connectivity index (χ3v) is 6.25. The van der Waals surface area contributed by atoms with Gasteiger partial charge in [-0.1, -0.05) is 6.42 Å². The van der Waals surface area contributed by atoms with Gasteiger partial charge in [0.25, 0.3) is 10.2 Å². The number of halogens is 1. The normalized spacial score (nSPS) is 24.2. The van der Waals surface area contributed by atoms with Gasteiger partial charge >= 0.3 is 0 Å². The smallest absolute Gasteiger partial charge is 0.281 e. The Morgan fingerprint density at radius 1 is 1.23 bits per heavy atom. The predicted octanol–water partition coefficient (Wildman–Crippen LogP) is 0.674.